The van der Waals surface area contributed by atoms with E-state index < -0.39 is 0 Å². The van der Waals surface area contributed by atoms with Crippen LogP contribution in [-0.2, 0) is 19.0 Å². The van der Waals surface area contributed by atoms with Gasteiger partial charge in [-0.3, -0.25) is 4.79 Å². The van der Waals surface area contributed by atoms with Crippen LogP contribution < -0.4 is 5.32 Å². The summed E-state index contributed by atoms with van der Waals surface area (Å²) in [6, 6.07) is 0.148. The zero-order valence-electron chi connectivity index (χ0n) is 10.9. The molecule has 0 saturated carbocycles. The minimum atomic E-state index is 0.00302. The maximum absolute atomic E-state index is 12.2. The molecule has 1 amide bonds. The Kier molecular flexibility index (Phi) is 5.37. The molecule has 0 aromatic heterocycles. The molecule has 6 heteroatoms. The Bertz CT molecular complexity index is 267. The second-order valence-corrected chi connectivity index (χ2v) is 4.72. The zero-order chi connectivity index (χ0) is 12.8. The van der Waals surface area contributed by atoms with E-state index in [-0.39, 0.29) is 18.1 Å². The van der Waals surface area contributed by atoms with E-state index in [1.165, 1.54) is 0 Å². The molecule has 104 valence electrons. The van der Waals surface area contributed by atoms with Crippen LogP contribution in [0.25, 0.3) is 0 Å². The number of nitrogens with one attached hydrogen (secondary N) is 1. The molecule has 6 nitrogen and oxygen atoms in total. The van der Waals surface area contributed by atoms with E-state index in [0.717, 1.165) is 13.2 Å². The lowest BCUT2D eigenvalue weighted by Crippen LogP contribution is -2.50. The van der Waals surface area contributed by atoms with Gasteiger partial charge in [-0.15, -0.1) is 0 Å². The first-order valence-electron chi connectivity index (χ1n) is 6.49. The lowest BCUT2D eigenvalue weighted by atomic mass is 10.1. The van der Waals surface area contributed by atoms with E-state index in [1.807, 2.05) is 4.90 Å². The summed E-state index contributed by atoms with van der Waals surface area (Å²) < 4.78 is 15.9. The Hall–Kier alpha value is -0.690. The molecule has 0 bridgehead atoms. The fourth-order valence-corrected chi connectivity index (χ4v) is 2.32. The highest BCUT2D eigenvalue weighted by Gasteiger charge is 2.26. The molecule has 0 aliphatic carbocycles. The van der Waals surface area contributed by atoms with Gasteiger partial charge in [-0.1, -0.05) is 0 Å². The van der Waals surface area contributed by atoms with Crippen LogP contribution in [0.3, 0.4) is 0 Å². The van der Waals surface area contributed by atoms with E-state index in [1.54, 1.807) is 7.11 Å². The van der Waals surface area contributed by atoms with Crippen LogP contribution in [0, 0.1) is 0 Å². The largest absolute Gasteiger partial charge is 0.382 e. The Balaban J connectivity index is 1.76. The second kappa shape index (κ2) is 7.04. The van der Waals surface area contributed by atoms with Gasteiger partial charge in [0.05, 0.1) is 32.5 Å². The summed E-state index contributed by atoms with van der Waals surface area (Å²) in [5.74, 6) is 0.169. The summed E-state index contributed by atoms with van der Waals surface area (Å²) in [5, 5.41) is 3.30. The first-order chi connectivity index (χ1) is 8.79. The van der Waals surface area contributed by atoms with Crippen molar-refractivity contribution in [2.45, 2.75) is 18.6 Å². The average molecular weight is 258 g/mol. The molecule has 0 aromatic carbocycles. The highest BCUT2D eigenvalue weighted by Crippen LogP contribution is 2.09. The highest BCUT2D eigenvalue weighted by atomic mass is 16.5. The van der Waals surface area contributed by atoms with Crippen molar-refractivity contribution < 1.29 is 19.0 Å². The third kappa shape index (κ3) is 3.91. The first kappa shape index (κ1) is 13.7. The standard InChI is InChI=1S/C12H22N2O4/c1-16-9-11-7-14(3-5-18-11)12(15)6-10-8-17-4-2-13-10/h10-11,13H,2-9H2,1H3. The lowest BCUT2D eigenvalue weighted by molar-refractivity contribution is -0.142. The number of hydrogen-bond acceptors (Lipinski definition) is 5. The van der Waals surface area contributed by atoms with Gasteiger partial charge >= 0.3 is 0 Å². The maximum atomic E-state index is 12.2. The van der Waals surface area contributed by atoms with E-state index >= 15 is 0 Å². The van der Waals surface area contributed by atoms with Crippen LogP contribution in [0.15, 0.2) is 0 Å². The average Bonchev–Trinajstić information content (AvgIpc) is 2.40. The number of carbonyl (C=O) groups excluding carboxylic acids is 1. The smallest absolute Gasteiger partial charge is 0.224 e. The number of nitrogens with zero attached hydrogens (tertiary/aromatic N) is 1. The molecule has 2 aliphatic rings. The summed E-state index contributed by atoms with van der Waals surface area (Å²) in [6.07, 6.45) is 0.503. The van der Waals surface area contributed by atoms with Crippen LogP contribution in [0.5, 0.6) is 0 Å². The van der Waals surface area contributed by atoms with E-state index in [4.69, 9.17) is 14.2 Å². The van der Waals surface area contributed by atoms with Crippen molar-refractivity contribution in [1.82, 2.24) is 10.2 Å². The van der Waals surface area contributed by atoms with Gasteiger partial charge in [-0.05, 0) is 0 Å². The van der Waals surface area contributed by atoms with E-state index in [9.17, 15) is 4.79 Å². The van der Waals surface area contributed by atoms with Crippen molar-refractivity contribution in [3.63, 3.8) is 0 Å². The first-order valence-corrected chi connectivity index (χ1v) is 6.49. The quantitative estimate of drug-likeness (QED) is 0.718. The predicted molar refractivity (Wildman–Crippen MR) is 65.4 cm³/mol. The van der Waals surface area contributed by atoms with Crippen molar-refractivity contribution in [2.75, 3.05) is 53.2 Å². The van der Waals surface area contributed by atoms with E-state index in [0.29, 0.717) is 39.3 Å². The van der Waals surface area contributed by atoms with Crippen molar-refractivity contribution in [3.05, 3.63) is 0 Å². The van der Waals surface area contributed by atoms with E-state index in [2.05, 4.69) is 5.32 Å². The Morgan fingerprint density at radius 1 is 1.50 bits per heavy atom. The van der Waals surface area contributed by atoms with Crippen molar-refractivity contribution in [3.8, 4) is 0 Å². The van der Waals surface area contributed by atoms with Gasteiger partial charge in [0.2, 0.25) is 5.91 Å². The monoisotopic (exact) mass is 258 g/mol. The van der Waals surface area contributed by atoms with Gasteiger partial charge in [0.1, 0.15) is 0 Å². The topological polar surface area (TPSA) is 60.0 Å². The predicted octanol–water partition coefficient (Wildman–Crippen LogP) is -0.761. The van der Waals surface area contributed by atoms with Gasteiger partial charge in [0.25, 0.3) is 0 Å². The molecule has 0 spiro atoms. The summed E-state index contributed by atoms with van der Waals surface area (Å²) >= 11 is 0. The molecule has 2 fully saturated rings. The minimum Gasteiger partial charge on any atom is -0.382 e. The van der Waals surface area contributed by atoms with Crippen LogP contribution >= 0.6 is 0 Å². The van der Waals surface area contributed by atoms with Crippen LogP contribution in [0.4, 0.5) is 0 Å². The maximum Gasteiger partial charge on any atom is 0.224 e. The Morgan fingerprint density at radius 3 is 3.11 bits per heavy atom. The lowest BCUT2D eigenvalue weighted by Gasteiger charge is -2.34. The molecule has 1 N–H and O–H groups in total. The SMILES string of the molecule is COCC1CN(C(=O)CC2COCCN2)CCO1. The third-order valence-electron chi connectivity index (χ3n) is 3.26. The molecule has 0 radical (unpaired) electrons. The second-order valence-electron chi connectivity index (χ2n) is 4.72. The van der Waals surface area contributed by atoms with Gasteiger partial charge in [-0.2, -0.15) is 0 Å². The molecular weight excluding hydrogens is 236 g/mol. The summed E-state index contributed by atoms with van der Waals surface area (Å²) in [4.78, 5) is 14.0. The Labute approximate surface area is 108 Å². The van der Waals surface area contributed by atoms with Gasteiger partial charge in [-0.25, -0.2) is 0 Å². The number of morpholine rings is 2. The fourth-order valence-electron chi connectivity index (χ4n) is 2.32. The highest BCUT2D eigenvalue weighted by molar-refractivity contribution is 5.77. The molecule has 2 rings (SSSR count). The van der Waals surface area contributed by atoms with Crippen molar-refractivity contribution >= 4 is 5.91 Å². The summed E-state index contributed by atoms with van der Waals surface area (Å²) in [6.45, 7) is 4.61. The number of ether oxygens (including phenoxy) is 3. The molecule has 2 unspecified atom stereocenters. The normalized spacial score (nSPS) is 29.3. The Morgan fingerprint density at radius 2 is 2.39 bits per heavy atom. The minimum absolute atomic E-state index is 0.00302. The van der Waals surface area contributed by atoms with Gasteiger partial charge in [0, 0.05) is 39.2 Å². The van der Waals surface area contributed by atoms with Crippen molar-refractivity contribution in [2.24, 2.45) is 0 Å². The number of methoxy groups -OCH3 is 1. The van der Waals surface area contributed by atoms with Crippen LogP contribution in [-0.4, -0.2) is 76.1 Å². The summed E-state index contributed by atoms with van der Waals surface area (Å²) in [5.41, 5.74) is 0. The molecular formula is C12H22N2O4. The van der Waals surface area contributed by atoms with Gasteiger partial charge in [0.15, 0.2) is 0 Å². The van der Waals surface area contributed by atoms with Gasteiger partial charge < -0.3 is 24.4 Å². The van der Waals surface area contributed by atoms with Crippen molar-refractivity contribution in [1.29, 1.82) is 0 Å². The molecule has 2 saturated heterocycles. The van der Waals surface area contributed by atoms with Crippen LogP contribution in [0.1, 0.15) is 6.42 Å². The number of carbonyl (C=O) groups is 1. The number of amides is 1. The third-order valence-corrected chi connectivity index (χ3v) is 3.26. The number of hydrogen-bond donors (Lipinski definition) is 1. The fraction of sp³-hybridized carbons (Fsp3) is 0.917. The molecule has 2 heterocycles. The number of rotatable bonds is 4. The van der Waals surface area contributed by atoms with Crippen LogP contribution in [0.2, 0.25) is 0 Å². The molecule has 18 heavy (non-hydrogen) atoms. The zero-order valence-corrected chi connectivity index (χ0v) is 10.9. The molecule has 2 aliphatic heterocycles. The summed E-state index contributed by atoms with van der Waals surface area (Å²) in [7, 11) is 1.65. The molecule has 2 atom stereocenters. The molecule has 0 aromatic rings.